The van der Waals surface area contributed by atoms with Crippen molar-refractivity contribution in [1.29, 1.82) is 0 Å². The molecule has 5 nitrogen and oxygen atoms in total. The molecule has 5 heteroatoms. The van der Waals surface area contributed by atoms with Crippen LogP contribution in [0.3, 0.4) is 0 Å². The van der Waals surface area contributed by atoms with Crippen LogP contribution in [0.25, 0.3) is 0 Å². The standard InChI is InChI=1S/C14H23N3O2/c1-3-4-11-5-7-14(8-6-11,13(18)19)9-12-15-10-16-17(12)2/h10-11H,3-9H2,1-2H3,(H,18,19). The van der Waals surface area contributed by atoms with Crippen molar-refractivity contribution in [2.45, 2.75) is 51.9 Å². The minimum absolute atomic E-state index is 0.498. The van der Waals surface area contributed by atoms with Crippen LogP contribution in [0.4, 0.5) is 0 Å². The third-order valence-electron chi connectivity index (χ3n) is 4.51. The van der Waals surface area contributed by atoms with E-state index >= 15 is 0 Å². The van der Waals surface area contributed by atoms with Crippen molar-refractivity contribution in [3.05, 3.63) is 12.2 Å². The summed E-state index contributed by atoms with van der Waals surface area (Å²) < 4.78 is 1.68. The van der Waals surface area contributed by atoms with Gasteiger partial charge in [0, 0.05) is 13.5 Å². The van der Waals surface area contributed by atoms with E-state index in [4.69, 9.17) is 0 Å². The summed E-state index contributed by atoms with van der Waals surface area (Å²) >= 11 is 0. The lowest BCUT2D eigenvalue weighted by atomic mass is 9.67. The van der Waals surface area contributed by atoms with Gasteiger partial charge in [-0.3, -0.25) is 9.48 Å². The van der Waals surface area contributed by atoms with Crippen LogP contribution < -0.4 is 0 Å². The number of hydrogen-bond donors (Lipinski definition) is 1. The molecule has 0 spiro atoms. The molecule has 0 aromatic carbocycles. The number of carboxylic acids is 1. The third-order valence-corrected chi connectivity index (χ3v) is 4.51. The molecule has 0 unspecified atom stereocenters. The van der Waals surface area contributed by atoms with Gasteiger partial charge in [0.1, 0.15) is 12.2 Å². The second-order valence-corrected chi connectivity index (χ2v) is 5.79. The lowest BCUT2D eigenvalue weighted by Crippen LogP contribution is -2.38. The maximum atomic E-state index is 11.7. The first kappa shape index (κ1) is 14.0. The van der Waals surface area contributed by atoms with E-state index < -0.39 is 11.4 Å². The molecule has 2 rings (SSSR count). The van der Waals surface area contributed by atoms with Gasteiger partial charge in [-0.05, 0) is 31.6 Å². The monoisotopic (exact) mass is 265 g/mol. The Morgan fingerprint density at radius 2 is 2.21 bits per heavy atom. The zero-order chi connectivity index (χ0) is 13.9. The Balaban J connectivity index is 2.08. The molecule has 1 N–H and O–H groups in total. The molecule has 0 amide bonds. The molecule has 1 saturated carbocycles. The van der Waals surface area contributed by atoms with E-state index in [0.29, 0.717) is 12.3 Å². The number of carboxylic acid groups (broad SMARTS) is 1. The van der Waals surface area contributed by atoms with Gasteiger partial charge in [-0.1, -0.05) is 19.8 Å². The molecule has 1 aromatic rings. The van der Waals surface area contributed by atoms with Crippen molar-refractivity contribution >= 4 is 5.97 Å². The lowest BCUT2D eigenvalue weighted by molar-refractivity contribution is -0.151. The van der Waals surface area contributed by atoms with Gasteiger partial charge >= 0.3 is 5.97 Å². The highest BCUT2D eigenvalue weighted by Crippen LogP contribution is 2.42. The SMILES string of the molecule is CCCC1CCC(Cc2ncnn2C)(C(=O)O)CC1. The highest BCUT2D eigenvalue weighted by atomic mass is 16.4. The van der Waals surface area contributed by atoms with Crippen LogP contribution in [0, 0.1) is 11.3 Å². The Morgan fingerprint density at radius 1 is 1.53 bits per heavy atom. The van der Waals surface area contributed by atoms with Gasteiger partial charge in [-0.25, -0.2) is 4.98 Å². The summed E-state index contributed by atoms with van der Waals surface area (Å²) in [6.45, 7) is 2.19. The largest absolute Gasteiger partial charge is 0.481 e. The second-order valence-electron chi connectivity index (χ2n) is 5.79. The zero-order valence-electron chi connectivity index (χ0n) is 11.8. The number of hydrogen-bond acceptors (Lipinski definition) is 3. The van der Waals surface area contributed by atoms with Crippen LogP contribution in [0.15, 0.2) is 6.33 Å². The summed E-state index contributed by atoms with van der Waals surface area (Å²) in [5.41, 5.74) is -0.634. The van der Waals surface area contributed by atoms with E-state index in [-0.39, 0.29) is 0 Å². The molecule has 1 aromatic heterocycles. The highest BCUT2D eigenvalue weighted by Gasteiger charge is 2.42. The van der Waals surface area contributed by atoms with E-state index in [1.807, 2.05) is 7.05 Å². The summed E-state index contributed by atoms with van der Waals surface area (Å²) in [4.78, 5) is 15.9. The minimum Gasteiger partial charge on any atom is -0.481 e. The maximum absolute atomic E-state index is 11.7. The molecule has 0 aliphatic heterocycles. The van der Waals surface area contributed by atoms with Crippen molar-refractivity contribution in [1.82, 2.24) is 14.8 Å². The van der Waals surface area contributed by atoms with E-state index in [1.165, 1.54) is 19.2 Å². The first-order valence-electron chi connectivity index (χ1n) is 7.13. The molecule has 1 aliphatic rings. The van der Waals surface area contributed by atoms with E-state index in [2.05, 4.69) is 17.0 Å². The molecular weight excluding hydrogens is 242 g/mol. The predicted molar refractivity (Wildman–Crippen MR) is 71.6 cm³/mol. The molecule has 1 fully saturated rings. The van der Waals surface area contributed by atoms with Crippen LogP contribution >= 0.6 is 0 Å². The molecule has 0 atom stereocenters. The van der Waals surface area contributed by atoms with Gasteiger partial charge in [0.2, 0.25) is 0 Å². The first-order valence-corrected chi connectivity index (χ1v) is 7.13. The Hall–Kier alpha value is -1.39. The van der Waals surface area contributed by atoms with Crippen LogP contribution in [-0.4, -0.2) is 25.8 Å². The normalized spacial score (nSPS) is 27.4. The summed E-state index contributed by atoms with van der Waals surface area (Å²) in [5.74, 6) is 0.804. The van der Waals surface area contributed by atoms with Crippen LogP contribution in [-0.2, 0) is 18.3 Å². The van der Waals surface area contributed by atoms with Crippen molar-refractivity contribution in [2.24, 2.45) is 18.4 Å². The third kappa shape index (κ3) is 2.96. The Labute approximate surface area is 114 Å². The average molecular weight is 265 g/mol. The predicted octanol–water partition coefficient (Wildman–Crippen LogP) is 2.42. The summed E-state index contributed by atoms with van der Waals surface area (Å²) in [5, 5.41) is 13.7. The maximum Gasteiger partial charge on any atom is 0.310 e. The van der Waals surface area contributed by atoms with Gasteiger partial charge < -0.3 is 5.11 Å². The quantitative estimate of drug-likeness (QED) is 0.887. The summed E-state index contributed by atoms with van der Waals surface area (Å²) in [6.07, 6.45) is 7.98. The summed E-state index contributed by atoms with van der Waals surface area (Å²) in [7, 11) is 1.82. The highest BCUT2D eigenvalue weighted by molar-refractivity contribution is 5.75. The van der Waals surface area contributed by atoms with Crippen molar-refractivity contribution < 1.29 is 9.90 Å². The fraction of sp³-hybridized carbons (Fsp3) is 0.786. The lowest BCUT2D eigenvalue weighted by Gasteiger charge is -2.36. The van der Waals surface area contributed by atoms with Gasteiger partial charge in [-0.2, -0.15) is 5.10 Å². The molecule has 19 heavy (non-hydrogen) atoms. The topological polar surface area (TPSA) is 68.0 Å². The fourth-order valence-electron chi connectivity index (χ4n) is 3.18. The number of rotatable bonds is 5. The first-order chi connectivity index (χ1) is 9.07. The Bertz CT molecular complexity index is 434. The Morgan fingerprint density at radius 3 is 2.68 bits per heavy atom. The molecule has 0 radical (unpaired) electrons. The van der Waals surface area contributed by atoms with Crippen molar-refractivity contribution in [3.8, 4) is 0 Å². The fourth-order valence-corrected chi connectivity index (χ4v) is 3.18. The van der Waals surface area contributed by atoms with Gasteiger partial charge in [0.25, 0.3) is 0 Å². The van der Waals surface area contributed by atoms with E-state index in [9.17, 15) is 9.90 Å². The summed E-state index contributed by atoms with van der Waals surface area (Å²) in [6, 6.07) is 0. The number of aliphatic carboxylic acids is 1. The molecule has 106 valence electrons. The van der Waals surface area contributed by atoms with Crippen LogP contribution in [0.5, 0.6) is 0 Å². The molecule has 0 saturated heterocycles. The zero-order valence-corrected chi connectivity index (χ0v) is 11.8. The van der Waals surface area contributed by atoms with E-state index in [0.717, 1.165) is 31.5 Å². The van der Waals surface area contributed by atoms with Crippen LogP contribution in [0.1, 0.15) is 51.3 Å². The number of aromatic nitrogens is 3. The average Bonchev–Trinajstić information content (AvgIpc) is 2.78. The number of aryl methyl sites for hydroxylation is 1. The molecule has 0 bridgehead atoms. The van der Waals surface area contributed by atoms with Crippen molar-refractivity contribution in [3.63, 3.8) is 0 Å². The van der Waals surface area contributed by atoms with Crippen LogP contribution in [0.2, 0.25) is 0 Å². The number of carbonyl (C=O) groups is 1. The smallest absolute Gasteiger partial charge is 0.310 e. The van der Waals surface area contributed by atoms with Gasteiger partial charge in [-0.15, -0.1) is 0 Å². The van der Waals surface area contributed by atoms with Gasteiger partial charge in [0.15, 0.2) is 0 Å². The molecule has 1 heterocycles. The molecular formula is C14H23N3O2. The van der Waals surface area contributed by atoms with E-state index in [1.54, 1.807) is 4.68 Å². The second kappa shape index (κ2) is 5.72. The number of nitrogens with zero attached hydrogens (tertiary/aromatic N) is 3. The van der Waals surface area contributed by atoms with Gasteiger partial charge in [0.05, 0.1) is 5.41 Å². The van der Waals surface area contributed by atoms with Crippen molar-refractivity contribution in [2.75, 3.05) is 0 Å². The Kier molecular flexibility index (Phi) is 4.22. The minimum atomic E-state index is -0.676. The molecule has 1 aliphatic carbocycles.